The zero-order chi connectivity index (χ0) is 9.84. The number of aromatic amines is 1. The van der Waals surface area contributed by atoms with E-state index in [1.807, 2.05) is 5.92 Å². The molecular weight excluding hydrogens is 168 g/mol. The first kappa shape index (κ1) is 9.07. The molecule has 0 saturated carbocycles. The highest BCUT2D eigenvalue weighted by atomic mass is 16.1. The van der Waals surface area contributed by atoms with E-state index in [1.165, 1.54) is 12.3 Å². The number of terminal acetylenes is 1. The maximum Gasteiger partial charge on any atom is 0.300 e. The Morgan fingerprint density at radius 3 is 2.92 bits per heavy atom. The van der Waals surface area contributed by atoms with E-state index >= 15 is 0 Å². The Balaban J connectivity index is 2.98. The Kier molecular flexibility index (Phi) is 2.50. The molecule has 0 aliphatic carbocycles. The van der Waals surface area contributed by atoms with Gasteiger partial charge < -0.3 is 10.3 Å². The Hall–Kier alpha value is -2.02. The fourth-order valence-corrected chi connectivity index (χ4v) is 0.866. The lowest BCUT2D eigenvalue weighted by atomic mass is 10.2. The molecular formula is C9H8N2O2. The van der Waals surface area contributed by atoms with E-state index in [-0.39, 0.29) is 5.56 Å². The van der Waals surface area contributed by atoms with Crippen LogP contribution in [0.3, 0.4) is 0 Å². The van der Waals surface area contributed by atoms with Gasteiger partial charge in [0.05, 0.1) is 5.69 Å². The van der Waals surface area contributed by atoms with Crippen LogP contribution in [0.5, 0.6) is 0 Å². The Bertz CT molecular complexity index is 426. The van der Waals surface area contributed by atoms with Crippen LogP contribution in [0.2, 0.25) is 0 Å². The molecule has 0 aliphatic heterocycles. The van der Waals surface area contributed by atoms with Crippen molar-refractivity contribution < 1.29 is 4.79 Å². The number of carbonyl (C=O) groups is 1. The number of hydrogen-bond donors (Lipinski definition) is 2. The van der Waals surface area contributed by atoms with Gasteiger partial charge in [0.25, 0.3) is 5.91 Å². The first-order chi connectivity index (χ1) is 6.13. The minimum atomic E-state index is -0.532. The molecule has 1 rings (SSSR count). The molecule has 0 atom stereocenters. The van der Waals surface area contributed by atoms with Gasteiger partial charge in [-0.05, 0) is 18.4 Å². The van der Waals surface area contributed by atoms with Gasteiger partial charge in [-0.2, -0.15) is 0 Å². The average Bonchev–Trinajstić information content (AvgIpc) is 2.09. The topological polar surface area (TPSA) is 62.0 Å². The largest absolute Gasteiger partial charge is 0.327 e. The molecule has 4 heteroatoms. The van der Waals surface area contributed by atoms with Crippen molar-refractivity contribution in [2.24, 2.45) is 0 Å². The van der Waals surface area contributed by atoms with Gasteiger partial charge >= 0.3 is 0 Å². The number of aryl methyl sites for hydroxylation is 1. The predicted octanol–water partition coefficient (Wildman–Crippen LogP) is 0.255. The van der Waals surface area contributed by atoms with Crippen LogP contribution in [0.4, 0.5) is 5.69 Å². The lowest BCUT2D eigenvalue weighted by molar-refractivity contribution is -0.111. The molecule has 13 heavy (non-hydrogen) atoms. The fraction of sp³-hybridized carbons (Fsp3) is 0.111. The van der Waals surface area contributed by atoms with Crippen molar-refractivity contribution in [2.45, 2.75) is 6.92 Å². The van der Waals surface area contributed by atoms with E-state index in [2.05, 4.69) is 10.3 Å². The standard InChI is InChI=1S/C9H8N2O2/c1-3-8(12)11-7-5-10-9(13)4-6(7)2/h1,4-5H,2H3,(H,10,13)(H,11,12). The minimum absolute atomic E-state index is 0.212. The number of pyridine rings is 1. The van der Waals surface area contributed by atoms with Crippen molar-refractivity contribution in [3.8, 4) is 12.3 Å². The van der Waals surface area contributed by atoms with Gasteiger partial charge in [0, 0.05) is 12.3 Å². The number of amides is 1. The second kappa shape index (κ2) is 3.59. The molecule has 0 spiro atoms. The summed E-state index contributed by atoms with van der Waals surface area (Å²) in [6.07, 6.45) is 6.28. The molecule has 0 fully saturated rings. The SMILES string of the molecule is C#CC(=O)Nc1c[nH]c(=O)cc1C. The van der Waals surface area contributed by atoms with Crippen molar-refractivity contribution in [3.05, 3.63) is 28.2 Å². The molecule has 0 bridgehead atoms. The Morgan fingerprint density at radius 1 is 1.69 bits per heavy atom. The van der Waals surface area contributed by atoms with Crippen LogP contribution < -0.4 is 10.9 Å². The van der Waals surface area contributed by atoms with Gasteiger partial charge in [-0.15, -0.1) is 6.42 Å². The number of nitrogens with one attached hydrogen (secondary N) is 2. The first-order valence-corrected chi connectivity index (χ1v) is 3.60. The molecule has 0 aliphatic rings. The number of aromatic nitrogens is 1. The molecule has 1 aromatic heterocycles. The van der Waals surface area contributed by atoms with Gasteiger partial charge in [-0.1, -0.05) is 0 Å². The number of rotatable bonds is 1. The molecule has 1 heterocycles. The lowest BCUT2D eigenvalue weighted by Crippen LogP contribution is -2.12. The molecule has 0 radical (unpaired) electrons. The van der Waals surface area contributed by atoms with Gasteiger partial charge in [0.15, 0.2) is 0 Å². The zero-order valence-electron chi connectivity index (χ0n) is 7.05. The average molecular weight is 176 g/mol. The molecule has 0 aromatic carbocycles. The molecule has 66 valence electrons. The second-order valence-corrected chi connectivity index (χ2v) is 2.49. The molecule has 0 saturated heterocycles. The quantitative estimate of drug-likeness (QED) is 0.603. The summed E-state index contributed by atoms with van der Waals surface area (Å²) in [5, 5.41) is 2.44. The number of H-pyrrole nitrogens is 1. The molecule has 1 aromatic rings. The van der Waals surface area contributed by atoms with Crippen LogP contribution in [0.1, 0.15) is 5.56 Å². The highest BCUT2D eigenvalue weighted by Crippen LogP contribution is 2.08. The van der Waals surface area contributed by atoms with E-state index in [9.17, 15) is 9.59 Å². The van der Waals surface area contributed by atoms with E-state index in [0.717, 1.165) is 0 Å². The smallest absolute Gasteiger partial charge is 0.300 e. The summed E-state index contributed by atoms with van der Waals surface area (Å²) in [6.45, 7) is 1.71. The van der Waals surface area contributed by atoms with Crippen LogP contribution >= 0.6 is 0 Å². The summed E-state index contributed by atoms with van der Waals surface area (Å²) in [6, 6.07) is 1.38. The summed E-state index contributed by atoms with van der Waals surface area (Å²) in [5.41, 5.74) is 0.978. The number of anilines is 1. The maximum atomic E-state index is 10.8. The van der Waals surface area contributed by atoms with Gasteiger partial charge in [0.2, 0.25) is 5.56 Å². The van der Waals surface area contributed by atoms with Crippen molar-refractivity contribution in [1.82, 2.24) is 4.98 Å². The molecule has 1 amide bonds. The van der Waals surface area contributed by atoms with Crippen LogP contribution in [0.15, 0.2) is 17.1 Å². The summed E-state index contributed by atoms with van der Waals surface area (Å²) >= 11 is 0. The van der Waals surface area contributed by atoms with Crippen LogP contribution in [-0.2, 0) is 4.79 Å². The maximum absolute atomic E-state index is 10.8. The summed E-state index contributed by atoms with van der Waals surface area (Å²) in [5.74, 6) is 1.38. The minimum Gasteiger partial charge on any atom is -0.327 e. The normalized spacial score (nSPS) is 8.92. The second-order valence-electron chi connectivity index (χ2n) is 2.49. The first-order valence-electron chi connectivity index (χ1n) is 3.60. The van der Waals surface area contributed by atoms with Crippen LogP contribution in [0.25, 0.3) is 0 Å². The van der Waals surface area contributed by atoms with Crippen molar-refractivity contribution >= 4 is 11.6 Å². The summed E-state index contributed by atoms with van der Waals surface area (Å²) < 4.78 is 0. The van der Waals surface area contributed by atoms with Crippen molar-refractivity contribution in [2.75, 3.05) is 5.32 Å². The van der Waals surface area contributed by atoms with Gasteiger partial charge in [-0.25, -0.2) is 0 Å². The monoisotopic (exact) mass is 176 g/mol. The van der Waals surface area contributed by atoms with E-state index in [4.69, 9.17) is 6.42 Å². The molecule has 0 unspecified atom stereocenters. The number of carbonyl (C=O) groups excluding carboxylic acids is 1. The molecule has 4 nitrogen and oxygen atoms in total. The Morgan fingerprint density at radius 2 is 2.38 bits per heavy atom. The highest BCUT2D eigenvalue weighted by molar-refractivity contribution is 6.03. The van der Waals surface area contributed by atoms with Gasteiger partial charge in [0.1, 0.15) is 0 Å². The number of hydrogen-bond acceptors (Lipinski definition) is 2. The Labute approximate surface area is 75.0 Å². The van der Waals surface area contributed by atoms with Gasteiger partial charge in [-0.3, -0.25) is 9.59 Å². The van der Waals surface area contributed by atoms with Crippen LogP contribution in [0, 0.1) is 19.3 Å². The van der Waals surface area contributed by atoms with E-state index < -0.39 is 5.91 Å². The third-order valence-corrected chi connectivity index (χ3v) is 1.51. The lowest BCUT2D eigenvalue weighted by Gasteiger charge is -2.02. The fourth-order valence-electron chi connectivity index (χ4n) is 0.866. The summed E-state index contributed by atoms with van der Waals surface area (Å²) in [4.78, 5) is 24.0. The van der Waals surface area contributed by atoms with E-state index in [0.29, 0.717) is 11.3 Å². The molecule has 2 N–H and O–H groups in total. The van der Waals surface area contributed by atoms with Crippen molar-refractivity contribution in [1.29, 1.82) is 0 Å². The van der Waals surface area contributed by atoms with Crippen LogP contribution in [-0.4, -0.2) is 10.9 Å². The van der Waals surface area contributed by atoms with E-state index in [1.54, 1.807) is 6.92 Å². The third kappa shape index (κ3) is 2.20. The predicted molar refractivity (Wildman–Crippen MR) is 49.3 cm³/mol. The summed E-state index contributed by atoms with van der Waals surface area (Å²) in [7, 11) is 0. The third-order valence-electron chi connectivity index (χ3n) is 1.51. The zero-order valence-corrected chi connectivity index (χ0v) is 7.05. The van der Waals surface area contributed by atoms with Crippen molar-refractivity contribution in [3.63, 3.8) is 0 Å². The highest BCUT2D eigenvalue weighted by Gasteiger charge is 2.01.